The third-order valence-corrected chi connectivity index (χ3v) is 2.07. The largest absolute Gasteiger partial charge is 0.345 e. The first-order valence-corrected chi connectivity index (χ1v) is 5.28. The number of pyridine rings is 1. The zero-order valence-corrected chi connectivity index (χ0v) is 9.37. The highest BCUT2D eigenvalue weighted by atomic mass is 16.1. The molecule has 3 heteroatoms. The van der Waals surface area contributed by atoms with Crippen molar-refractivity contribution >= 4 is 16.8 Å². The summed E-state index contributed by atoms with van der Waals surface area (Å²) in [5.74, 6) is 0.152. The molecule has 2 heterocycles. The first kappa shape index (κ1) is 11.4. The SMILES string of the molecule is CC.CCC(=O)c1c[nH]c2ncccc12. The Kier molecular flexibility index (Phi) is 4.03. The second-order valence-corrected chi connectivity index (χ2v) is 2.88. The van der Waals surface area contributed by atoms with E-state index in [-0.39, 0.29) is 5.78 Å². The molecule has 0 aliphatic rings. The molecule has 1 N–H and O–H groups in total. The molecule has 3 nitrogen and oxygen atoms in total. The summed E-state index contributed by atoms with van der Waals surface area (Å²) >= 11 is 0. The maximum absolute atomic E-state index is 11.4. The maximum atomic E-state index is 11.4. The van der Waals surface area contributed by atoms with Crippen LogP contribution < -0.4 is 0 Å². The van der Waals surface area contributed by atoms with Crippen molar-refractivity contribution in [1.29, 1.82) is 0 Å². The molecule has 2 aromatic heterocycles. The number of carbonyl (C=O) groups is 1. The number of aromatic nitrogens is 2. The van der Waals surface area contributed by atoms with Crippen LogP contribution in [0.3, 0.4) is 0 Å². The minimum absolute atomic E-state index is 0.152. The zero-order valence-electron chi connectivity index (χ0n) is 9.37. The van der Waals surface area contributed by atoms with E-state index >= 15 is 0 Å². The van der Waals surface area contributed by atoms with Crippen LogP contribution in [0, 0.1) is 0 Å². The summed E-state index contributed by atoms with van der Waals surface area (Å²) < 4.78 is 0. The van der Waals surface area contributed by atoms with Gasteiger partial charge in [0.05, 0.1) is 0 Å². The molecule has 0 aromatic carbocycles. The molecule has 15 heavy (non-hydrogen) atoms. The third-order valence-electron chi connectivity index (χ3n) is 2.07. The molecule has 0 aliphatic heterocycles. The summed E-state index contributed by atoms with van der Waals surface area (Å²) in [4.78, 5) is 18.5. The van der Waals surface area contributed by atoms with E-state index in [4.69, 9.17) is 0 Å². The van der Waals surface area contributed by atoms with Gasteiger partial charge < -0.3 is 4.98 Å². The molecule has 2 rings (SSSR count). The zero-order chi connectivity index (χ0) is 11.3. The van der Waals surface area contributed by atoms with E-state index in [1.165, 1.54) is 0 Å². The number of hydrogen-bond donors (Lipinski definition) is 1. The van der Waals surface area contributed by atoms with E-state index in [9.17, 15) is 4.79 Å². The number of aromatic amines is 1. The lowest BCUT2D eigenvalue weighted by molar-refractivity contribution is 0.0990. The van der Waals surface area contributed by atoms with Gasteiger partial charge in [0.15, 0.2) is 5.78 Å². The van der Waals surface area contributed by atoms with E-state index in [0.29, 0.717) is 6.42 Å². The lowest BCUT2D eigenvalue weighted by Gasteiger charge is -1.92. The average molecular weight is 204 g/mol. The van der Waals surface area contributed by atoms with Gasteiger partial charge in [-0.15, -0.1) is 0 Å². The van der Waals surface area contributed by atoms with Gasteiger partial charge in [0.1, 0.15) is 5.65 Å². The quantitative estimate of drug-likeness (QED) is 0.763. The van der Waals surface area contributed by atoms with Crippen LogP contribution >= 0.6 is 0 Å². The van der Waals surface area contributed by atoms with Crippen LogP contribution in [0.1, 0.15) is 37.6 Å². The van der Waals surface area contributed by atoms with Crippen molar-refractivity contribution in [2.75, 3.05) is 0 Å². The predicted molar refractivity (Wildman–Crippen MR) is 62.1 cm³/mol. The van der Waals surface area contributed by atoms with Gasteiger partial charge in [0, 0.05) is 29.8 Å². The minimum Gasteiger partial charge on any atom is -0.345 e. The number of carbonyl (C=O) groups excluding carboxylic acids is 1. The van der Waals surface area contributed by atoms with Gasteiger partial charge in [-0.3, -0.25) is 4.79 Å². The molecule has 2 aromatic rings. The van der Waals surface area contributed by atoms with E-state index < -0.39 is 0 Å². The Bertz CT molecular complexity index is 446. The summed E-state index contributed by atoms with van der Waals surface area (Å²) in [6.45, 7) is 5.86. The number of nitrogens with one attached hydrogen (secondary N) is 1. The average Bonchev–Trinajstić information content (AvgIpc) is 2.74. The number of H-pyrrole nitrogens is 1. The molecular weight excluding hydrogens is 188 g/mol. The fourth-order valence-electron chi connectivity index (χ4n) is 1.38. The summed E-state index contributed by atoms with van der Waals surface area (Å²) in [6, 6.07) is 3.74. The smallest absolute Gasteiger partial charge is 0.164 e. The topological polar surface area (TPSA) is 45.8 Å². The van der Waals surface area contributed by atoms with Gasteiger partial charge in [-0.1, -0.05) is 20.8 Å². The first-order valence-electron chi connectivity index (χ1n) is 5.28. The van der Waals surface area contributed by atoms with Crippen molar-refractivity contribution in [2.24, 2.45) is 0 Å². The van der Waals surface area contributed by atoms with Gasteiger partial charge in [-0.05, 0) is 12.1 Å². The van der Waals surface area contributed by atoms with Gasteiger partial charge in [-0.2, -0.15) is 0 Å². The molecule has 0 radical (unpaired) electrons. The summed E-state index contributed by atoms with van der Waals surface area (Å²) in [5, 5.41) is 0.911. The van der Waals surface area contributed by atoms with Crippen molar-refractivity contribution in [3.05, 3.63) is 30.1 Å². The number of fused-ring (bicyclic) bond motifs is 1. The summed E-state index contributed by atoms with van der Waals surface area (Å²) in [5.41, 5.74) is 1.52. The second-order valence-electron chi connectivity index (χ2n) is 2.88. The maximum Gasteiger partial charge on any atom is 0.164 e. The van der Waals surface area contributed by atoms with Crippen LogP contribution in [0.4, 0.5) is 0 Å². The van der Waals surface area contributed by atoms with Crippen LogP contribution in [0.15, 0.2) is 24.5 Å². The second kappa shape index (κ2) is 5.29. The van der Waals surface area contributed by atoms with Crippen molar-refractivity contribution in [2.45, 2.75) is 27.2 Å². The van der Waals surface area contributed by atoms with E-state index in [1.54, 1.807) is 12.4 Å². The van der Waals surface area contributed by atoms with Gasteiger partial charge in [0.2, 0.25) is 0 Å². The molecule has 0 amide bonds. The number of rotatable bonds is 2. The Morgan fingerprint density at radius 2 is 2.20 bits per heavy atom. The number of Topliss-reactive ketones (excluding diaryl/α,β-unsaturated/α-hetero) is 1. The Hall–Kier alpha value is -1.64. The first-order chi connectivity index (χ1) is 7.33. The van der Waals surface area contributed by atoms with Crippen LogP contribution in [-0.4, -0.2) is 15.8 Å². The van der Waals surface area contributed by atoms with Crippen LogP contribution in [0.5, 0.6) is 0 Å². The molecule has 0 bridgehead atoms. The third kappa shape index (κ3) is 2.24. The Morgan fingerprint density at radius 3 is 2.87 bits per heavy atom. The van der Waals surface area contributed by atoms with Gasteiger partial charge in [-0.25, -0.2) is 4.98 Å². The molecule has 0 saturated carbocycles. The van der Waals surface area contributed by atoms with Crippen molar-refractivity contribution in [1.82, 2.24) is 9.97 Å². The standard InChI is InChI=1S/C10H10N2O.C2H6/c1-2-9(13)8-6-12-10-7(8)4-3-5-11-10;1-2/h3-6H,2H2,1H3,(H,11,12);1-2H3. The molecular formula is C12H16N2O. The molecule has 0 unspecified atom stereocenters. The highest BCUT2D eigenvalue weighted by molar-refractivity contribution is 6.06. The molecule has 0 spiro atoms. The summed E-state index contributed by atoms with van der Waals surface area (Å²) in [7, 11) is 0. The lowest BCUT2D eigenvalue weighted by Crippen LogP contribution is -1.93. The lowest BCUT2D eigenvalue weighted by atomic mass is 10.1. The minimum atomic E-state index is 0.152. The highest BCUT2D eigenvalue weighted by Gasteiger charge is 2.09. The molecule has 80 valence electrons. The van der Waals surface area contributed by atoms with Crippen molar-refractivity contribution in [3.8, 4) is 0 Å². The Labute approximate surface area is 89.5 Å². The highest BCUT2D eigenvalue weighted by Crippen LogP contribution is 2.16. The van der Waals surface area contributed by atoms with E-state index in [1.807, 2.05) is 32.9 Å². The van der Waals surface area contributed by atoms with Crippen molar-refractivity contribution < 1.29 is 4.79 Å². The fraction of sp³-hybridized carbons (Fsp3) is 0.333. The van der Waals surface area contributed by atoms with Crippen LogP contribution in [0.25, 0.3) is 11.0 Å². The van der Waals surface area contributed by atoms with Crippen LogP contribution in [0.2, 0.25) is 0 Å². The number of ketones is 1. The molecule has 0 atom stereocenters. The van der Waals surface area contributed by atoms with Crippen LogP contribution in [-0.2, 0) is 0 Å². The van der Waals surface area contributed by atoms with E-state index in [0.717, 1.165) is 16.6 Å². The predicted octanol–water partition coefficient (Wildman–Crippen LogP) is 3.18. The van der Waals surface area contributed by atoms with Gasteiger partial charge in [0.25, 0.3) is 0 Å². The monoisotopic (exact) mass is 204 g/mol. The molecule has 0 saturated heterocycles. The Balaban J connectivity index is 0.000000531. The van der Waals surface area contributed by atoms with E-state index in [2.05, 4.69) is 9.97 Å². The summed E-state index contributed by atoms with van der Waals surface area (Å²) in [6.07, 6.45) is 3.96. The molecule has 0 aliphatic carbocycles. The Morgan fingerprint density at radius 1 is 1.47 bits per heavy atom. The normalized spacial score (nSPS) is 9.53. The number of hydrogen-bond acceptors (Lipinski definition) is 2. The fourth-order valence-corrected chi connectivity index (χ4v) is 1.38. The molecule has 0 fully saturated rings. The van der Waals surface area contributed by atoms with Gasteiger partial charge >= 0.3 is 0 Å². The number of nitrogens with zero attached hydrogens (tertiary/aromatic N) is 1. The van der Waals surface area contributed by atoms with Crippen molar-refractivity contribution in [3.63, 3.8) is 0 Å².